The standard InChI is InChI=1S/C13H13ClN4O.C6H12O/c14-7-1-2-9(11(19)5-7)12(15)8-3-4-18-6-10(8)13(16)17;7-6-4-2-1-3-5-6/h1-6,18-19H,15H2,(H3,16,17);6-7H,1-5H2/b12-8-;. The number of nitrogens with two attached hydrogens (primary N) is 2. The molecular weight excluding hydrogens is 352 g/mol. The number of halogens is 1. The molecule has 0 aromatic heterocycles. The Balaban J connectivity index is 0.000000290. The van der Waals surface area contributed by atoms with Crippen LogP contribution in [0.3, 0.4) is 0 Å². The number of amidine groups is 1. The van der Waals surface area contributed by atoms with E-state index >= 15 is 0 Å². The van der Waals surface area contributed by atoms with Crippen molar-refractivity contribution in [2.75, 3.05) is 0 Å². The van der Waals surface area contributed by atoms with Crippen molar-refractivity contribution in [2.45, 2.75) is 38.2 Å². The molecule has 0 atom stereocenters. The van der Waals surface area contributed by atoms with E-state index in [0.717, 1.165) is 12.8 Å². The van der Waals surface area contributed by atoms with Gasteiger partial charge in [-0.15, -0.1) is 0 Å². The quantitative estimate of drug-likeness (QED) is 0.349. The van der Waals surface area contributed by atoms with Crippen molar-refractivity contribution in [3.05, 3.63) is 58.4 Å². The highest BCUT2D eigenvalue weighted by atomic mass is 35.5. The topological polar surface area (TPSA) is 128 Å². The van der Waals surface area contributed by atoms with Crippen LogP contribution in [0.4, 0.5) is 0 Å². The van der Waals surface area contributed by atoms with E-state index in [1.54, 1.807) is 30.6 Å². The van der Waals surface area contributed by atoms with E-state index in [-0.39, 0.29) is 17.7 Å². The lowest BCUT2D eigenvalue weighted by molar-refractivity contribution is 0.130. The molecule has 0 unspecified atom stereocenters. The molecule has 0 saturated heterocycles. The molecule has 1 heterocycles. The Labute approximate surface area is 158 Å². The van der Waals surface area contributed by atoms with Crippen LogP contribution in [0, 0.1) is 5.41 Å². The molecule has 2 aliphatic rings. The van der Waals surface area contributed by atoms with Gasteiger partial charge in [0.2, 0.25) is 0 Å². The van der Waals surface area contributed by atoms with E-state index in [0.29, 0.717) is 27.4 Å². The first-order valence-electron chi connectivity index (χ1n) is 8.54. The fourth-order valence-corrected chi connectivity index (χ4v) is 3.01. The van der Waals surface area contributed by atoms with Gasteiger partial charge in [0.1, 0.15) is 11.6 Å². The number of aliphatic hydroxyl groups is 1. The van der Waals surface area contributed by atoms with E-state index in [1.807, 2.05) is 0 Å². The molecule has 0 bridgehead atoms. The molecule has 0 radical (unpaired) electrons. The number of aliphatic hydroxyl groups excluding tert-OH is 1. The van der Waals surface area contributed by atoms with Crippen molar-refractivity contribution < 1.29 is 10.2 Å². The molecular formula is C19H25ClN4O2. The third-order valence-electron chi connectivity index (χ3n) is 4.27. The molecule has 3 rings (SSSR count). The van der Waals surface area contributed by atoms with Crippen molar-refractivity contribution in [3.8, 4) is 5.75 Å². The molecule has 7 heteroatoms. The molecule has 0 amide bonds. The van der Waals surface area contributed by atoms with Crippen LogP contribution in [0.25, 0.3) is 5.70 Å². The van der Waals surface area contributed by atoms with Gasteiger partial charge in [-0.3, -0.25) is 5.41 Å². The van der Waals surface area contributed by atoms with Crippen molar-refractivity contribution >= 4 is 23.1 Å². The fourth-order valence-electron chi connectivity index (χ4n) is 2.85. The molecule has 1 aromatic rings. The number of aromatic hydroxyl groups is 1. The van der Waals surface area contributed by atoms with Crippen LogP contribution in [0.2, 0.25) is 5.02 Å². The first-order valence-corrected chi connectivity index (χ1v) is 8.92. The van der Waals surface area contributed by atoms with Gasteiger partial charge in [0.15, 0.2) is 0 Å². The summed E-state index contributed by atoms with van der Waals surface area (Å²) in [6.07, 6.45) is 10.9. The summed E-state index contributed by atoms with van der Waals surface area (Å²) >= 11 is 5.78. The minimum absolute atomic E-state index is 0.0210. The number of phenols is 1. The first-order chi connectivity index (χ1) is 12.4. The van der Waals surface area contributed by atoms with Crippen LogP contribution in [0.1, 0.15) is 37.7 Å². The van der Waals surface area contributed by atoms with Crippen LogP contribution in [-0.2, 0) is 0 Å². The number of benzene rings is 1. The third-order valence-corrected chi connectivity index (χ3v) is 4.50. The summed E-state index contributed by atoms with van der Waals surface area (Å²) in [6, 6.07) is 4.66. The van der Waals surface area contributed by atoms with Gasteiger partial charge in [-0.2, -0.15) is 0 Å². The average Bonchev–Trinajstić information content (AvgIpc) is 2.62. The monoisotopic (exact) mass is 376 g/mol. The Morgan fingerprint density at radius 2 is 1.88 bits per heavy atom. The molecule has 8 N–H and O–H groups in total. The molecule has 140 valence electrons. The zero-order chi connectivity index (χ0) is 19.1. The normalized spacial score (nSPS) is 18.9. The Hall–Kier alpha value is -2.44. The summed E-state index contributed by atoms with van der Waals surface area (Å²) in [5.74, 6) is -0.129. The van der Waals surface area contributed by atoms with Gasteiger partial charge in [0.05, 0.1) is 11.8 Å². The third kappa shape index (κ3) is 5.28. The van der Waals surface area contributed by atoms with Gasteiger partial charge in [-0.25, -0.2) is 0 Å². The zero-order valence-electron chi connectivity index (χ0n) is 14.5. The Bertz CT molecular complexity index is 750. The largest absolute Gasteiger partial charge is 0.507 e. The lowest BCUT2D eigenvalue weighted by Crippen LogP contribution is -2.20. The van der Waals surface area contributed by atoms with Crippen molar-refractivity contribution in [1.29, 1.82) is 5.41 Å². The Morgan fingerprint density at radius 3 is 2.42 bits per heavy atom. The van der Waals surface area contributed by atoms with E-state index < -0.39 is 0 Å². The highest BCUT2D eigenvalue weighted by Crippen LogP contribution is 2.30. The lowest BCUT2D eigenvalue weighted by atomic mass is 9.98. The number of rotatable bonds is 2. The maximum atomic E-state index is 9.87. The SMILES string of the molecule is N=C(N)C1=CNC=C/C1=C(/N)c1ccc(Cl)cc1O.OC1CCCCC1. The fraction of sp³-hybridized carbons (Fsp3) is 0.316. The summed E-state index contributed by atoms with van der Waals surface area (Å²) < 4.78 is 0. The second-order valence-corrected chi connectivity index (χ2v) is 6.69. The van der Waals surface area contributed by atoms with Crippen LogP contribution in [-0.4, -0.2) is 22.2 Å². The van der Waals surface area contributed by atoms with Crippen LogP contribution < -0.4 is 16.8 Å². The van der Waals surface area contributed by atoms with Gasteiger partial charge in [0.25, 0.3) is 0 Å². The lowest BCUT2D eigenvalue weighted by Gasteiger charge is -2.16. The molecule has 1 aliphatic carbocycles. The van der Waals surface area contributed by atoms with Gasteiger partial charge in [-0.05, 0) is 37.1 Å². The molecule has 1 aromatic carbocycles. The van der Waals surface area contributed by atoms with Gasteiger partial charge < -0.3 is 27.0 Å². The van der Waals surface area contributed by atoms with Crippen LogP contribution in [0.15, 0.2) is 47.8 Å². The number of allylic oxidation sites excluding steroid dienone is 1. The highest BCUT2D eigenvalue weighted by molar-refractivity contribution is 6.30. The molecule has 1 aliphatic heterocycles. The Kier molecular flexibility index (Phi) is 7.12. The number of hydrogen-bond acceptors (Lipinski definition) is 5. The van der Waals surface area contributed by atoms with E-state index in [4.69, 9.17) is 33.6 Å². The van der Waals surface area contributed by atoms with Gasteiger partial charge >= 0.3 is 0 Å². The Morgan fingerprint density at radius 1 is 1.19 bits per heavy atom. The van der Waals surface area contributed by atoms with Crippen molar-refractivity contribution in [3.63, 3.8) is 0 Å². The van der Waals surface area contributed by atoms with Crippen molar-refractivity contribution in [2.24, 2.45) is 11.5 Å². The predicted molar refractivity (Wildman–Crippen MR) is 106 cm³/mol. The minimum Gasteiger partial charge on any atom is -0.507 e. The summed E-state index contributed by atoms with van der Waals surface area (Å²) in [5.41, 5.74) is 13.4. The van der Waals surface area contributed by atoms with Crippen LogP contribution in [0.5, 0.6) is 5.75 Å². The summed E-state index contributed by atoms with van der Waals surface area (Å²) in [5, 5.41) is 29.6. The van der Waals surface area contributed by atoms with Gasteiger partial charge in [-0.1, -0.05) is 30.9 Å². The average molecular weight is 377 g/mol. The number of hydrogen-bond donors (Lipinski definition) is 6. The summed E-state index contributed by atoms with van der Waals surface area (Å²) in [4.78, 5) is 0. The second-order valence-electron chi connectivity index (χ2n) is 6.25. The highest BCUT2D eigenvalue weighted by Gasteiger charge is 2.16. The van der Waals surface area contributed by atoms with E-state index in [1.165, 1.54) is 25.3 Å². The number of nitrogens with one attached hydrogen (secondary N) is 2. The molecule has 0 spiro atoms. The summed E-state index contributed by atoms with van der Waals surface area (Å²) in [7, 11) is 0. The summed E-state index contributed by atoms with van der Waals surface area (Å²) in [6.45, 7) is 0. The van der Waals surface area contributed by atoms with E-state index in [9.17, 15) is 5.11 Å². The number of dihydropyridines is 1. The number of phenolic OH excluding ortho intramolecular Hbond substituents is 1. The molecule has 26 heavy (non-hydrogen) atoms. The maximum Gasteiger partial charge on any atom is 0.126 e. The van der Waals surface area contributed by atoms with E-state index in [2.05, 4.69) is 5.32 Å². The smallest absolute Gasteiger partial charge is 0.126 e. The van der Waals surface area contributed by atoms with Crippen molar-refractivity contribution in [1.82, 2.24) is 5.32 Å². The molecule has 6 nitrogen and oxygen atoms in total. The predicted octanol–water partition coefficient (Wildman–Crippen LogP) is 2.96. The molecule has 1 saturated carbocycles. The molecule has 1 fully saturated rings. The zero-order valence-corrected chi connectivity index (χ0v) is 15.3. The minimum atomic E-state index is -0.108. The van der Waals surface area contributed by atoms with Crippen LogP contribution >= 0.6 is 11.6 Å². The second kappa shape index (κ2) is 9.31. The van der Waals surface area contributed by atoms with Gasteiger partial charge in [0, 0.05) is 34.1 Å². The first kappa shape index (κ1) is 19.9. The maximum absolute atomic E-state index is 9.87.